The maximum atomic E-state index is 10.1. The molecule has 2 atom stereocenters. The molecule has 2 heterocycles. The molecule has 1 aromatic carbocycles. The second-order valence-electron chi connectivity index (χ2n) is 8.95. The molecule has 0 saturated carbocycles. The van der Waals surface area contributed by atoms with Gasteiger partial charge in [-0.1, -0.05) is 32.9 Å². The van der Waals surface area contributed by atoms with E-state index >= 15 is 0 Å². The van der Waals surface area contributed by atoms with Gasteiger partial charge in [-0.15, -0.1) is 0 Å². The van der Waals surface area contributed by atoms with Gasteiger partial charge in [-0.25, -0.2) is 0 Å². The van der Waals surface area contributed by atoms with Crippen LogP contribution in [-0.4, -0.2) is 68.4 Å². The van der Waals surface area contributed by atoms with Crippen LogP contribution in [-0.2, 0) is 4.74 Å². The Morgan fingerprint density at radius 2 is 1.93 bits per heavy atom. The highest BCUT2D eigenvalue weighted by Crippen LogP contribution is 2.33. The summed E-state index contributed by atoms with van der Waals surface area (Å²) in [5.41, 5.74) is 1.07. The lowest BCUT2D eigenvalue weighted by Crippen LogP contribution is -2.54. The standard InChI is InChI=1S/C22H36N4O2/c1-22(2,3)20-17(8-7-15-28-20)16-24-21(23-4)26-13-11-25(12-14-26)18-9-5-6-10-19(18)27/h5-6,9-10,17,20,27H,7-8,11-16H2,1-4H3,(H,23,24). The Kier molecular flexibility index (Phi) is 6.70. The molecule has 156 valence electrons. The summed E-state index contributed by atoms with van der Waals surface area (Å²) in [5.74, 6) is 1.83. The summed E-state index contributed by atoms with van der Waals surface area (Å²) < 4.78 is 6.12. The van der Waals surface area contributed by atoms with Crippen LogP contribution in [0.5, 0.6) is 5.75 Å². The van der Waals surface area contributed by atoms with Crippen LogP contribution in [0.4, 0.5) is 5.69 Å². The second-order valence-corrected chi connectivity index (χ2v) is 8.95. The van der Waals surface area contributed by atoms with Crippen LogP contribution in [0.25, 0.3) is 0 Å². The molecule has 0 bridgehead atoms. The van der Waals surface area contributed by atoms with E-state index in [2.05, 4.69) is 40.9 Å². The number of ether oxygens (including phenoxy) is 1. The van der Waals surface area contributed by atoms with Gasteiger partial charge in [0.25, 0.3) is 0 Å². The number of phenolic OH excluding ortho intramolecular Hbond substituents is 1. The van der Waals surface area contributed by atoms with Gasteiger partial charge < -0.3 is 25.0 Å². The van der Waals surface area contributed by atoms with Crippen LogP contribution in [0.15, 0.2) is 29.3 Å². The molecular formula is C22H36N4O2. The number of benzene rings is 1. The van der Waals surface area contributed by atoms with Gasteiger partial charge in [-0.3, -0.25) is 4.99 Å². The SMILES string of the molecule is CN=C(NCC1CCCOC1C(C)(C)C)N1CCN(c2ccccc2O)CC1. The summed E-state index contributed by atoms with van der Waals surface area (Å²) in [4.78, 5) is 9.07. The van der Waals surface area contributed by atoms with Gasteiger partial charge in [0, 0.05) is 52.3 Å². The van der Waals surface area contributed by atoms with Crippen LogP contribution in [0.1, 0.15) is 33.6 Å². The first-order chi connectivity index (χ1) is 13.4. The van der Waals surface area contributed by atoms with Crippen molar-refractivity contribution in [1.82, 2.24) is 10.2 Å². The van der Waals surface area contributed by atoms with Crippen LogP contribution in [0.2, 0.25) is 0 Å². The van der Waals surface area contributed by atoms with Gasteiger partial charge in [0.05, 0.1) is 11.8 Å². The highest BCUT2D eigenvalue weighted by molar-refractivity contribution is 5.80. The number of aromatic hydroxyl groups is 1. The number of anilines is 1. The Balaban J connectivity index is 1.54. The molecule has 2 saturated heterocycles. The van der Waals surface area contributed by atoms with E-state index in [0.717, 1.165) is 57.4 Å². The minimum absolute atomic E-state index is 0.152. The Morgan fingerprint density at radius 1 is 1.21 bits per heavy atom. The molecule has 2 unspecified atom stereocenters. The summed E-state index contributed by atoms with van der Waals surface area (Å²) in [6, 6.07) is 7.56. The molecule has 3 rings (SSSR count). The van der Waals surface area contributed by atoms with Crippen molar-refractivity contribution in [3.05, 3.63) is 24.3 Å². The molecule has 2 fully saturated rings. The highest BCUT2D eigenvalue weighted by atomic mass is 16.5. The molecule has 6 nitrogen and oxygen atoms in total. The number of hydrogen-bond acceptors (Lipinski definition) is 4. The third-order valence-electron chi connectivity index (χ3n) is 5.83. The number of piperazine rings is 1. The minimum atomic E-state index is 0.152. The fourth-order valence-electron chi connectivity index (χ4n) is 4.45. The number of hydrogen-bond donors (Lipinski definition) is 2. The lowest BCUT2D eigenvalue weighted by Gasteiger charge is -2.41. The Labute approximate surface area is 169 Å². The van der Waals surface area contributed by atoms with Crippen molar-refractivity contribution in [2.45, 2.75) is 39.7 Å². The topological polar surface area (TPSA) is 60.3 Å². The molecule has 2 aliphatic rings. The van der Waals surface area contributed by atoms with Crippen molar-refractivity contribution in [2.75, 3.05) is 51.3 Å². The minimum Gasteiger partial charge on any atom is -0.506 e. The van der Waals surface area contributed by atoms with E-state index in [-0.39, 0.29) is 11.5 Å². The summed E-state index contributed by atoms with van der Waals surface area (Å²) in [7, 11) is 1.86. The first-order valence-corrected chi connectivity index (χ1v) is 10.5. The molecule has 28 heavy (non-hydrogen) atoms. The Morgan fingerprint density at radius 3 is 2.57 bits per heavy atom. The van der Waals surface area contributed by atoms with Crippen molar-refractivity contribution >= 4 is 11.6 Å². The van der Waals surface area contributed by atoms with Gasteiger partial charge in [-0.2, -0.15) is 0 Å². The van der Waals surface area contributed by atoms with E-state index in [9.17, 15) is 5.11 Å². The smallest absolute Gasteiger partial charge is 0.193 e. The van der Waals surface area contributed by atoms with E-state index in [1.54, 1.807) is 6.07 Å². The van der Waals surface area contributed by atoms with Gasteiger partial charge in [0.1, 0.15) is 5.75 Å². The van der Waals surface area contributed by atoms with Gasteiger partial charge in [-0.05, 0) is 30.4 Å². The maximum Gasteiger partial charge on any atom is 0.193 e. The van der Waals surface area contributed by atoms with E-state index in [1.807, 2.05) is 25.2 Å². The zero-order valence-electron chi connectivity index (χ0n) is 17.8. The van der Waals surface area contributed by atoms with Crippen LogP contribution < -0.4 is 10.2 Å². The number of nitrogens with one attached hydrogen (secondary N) is 1. The second kappa shape index (κ2) is 9.03. The molecule has 2 N–H and O–H groups in total. The summed E-state index contributed by atoms with van der Waals surface area (Å²) in [6.07, 6.45) is 2.62. The van der Waals surface area contributed by atoms with Crippen molar-refractivity contribution in [1.29, 1.82) is 0 Å². The van der Waals surface area contributed by atoms with Gasteiger partial charge in [0.2, 0.25) is 0 Å². The predicted octanol–water partition coefficient (Wildman–Crippen LogP) is 2.93. The zero-order valence-corrected chi connectivity index (χ0v) is 17.8. The van der Waals surface area contributed by atoms with Crippen LogP contribution >= 0.6 is 0 Å². The first-order valence-electron chi connectivity index (χ1n) is 10.5. The van der Waals surface area contributed by atoms with Gasteiger partial charge >= 0.3 is 0 Å². The van der Waals surface area contributed by atoms with E-state index < -0.39 is 0 Å². The number of phenols is 1. The fourth-order valence-corrected chi connectivity index (χ4v) is 4.45. The van der Waals surface area contributed by atoms with E-state index in [0.29, 0.717) is 11.7 Å². The molecule has 2 aliphatic heterocycles. The largest absolute Gasteiger partial charge is 0.506 e. The normalized spacial score (nSPS) is 24.4. The summed E-state index contributed by atoms with van der Waals surface area (Å²) in [6.45, 7) is 12.1. The molecule has 0 amide bonds. The monoisotopic (exact) mass is 388 g/mol. The number of nitrogens with zero attached hydrogens (tertiary/aromatic N) is 3. The lowest BCUT2D eigenvalue weighted by molar-refractivity contribution is -0.0836. The summed E-state index contributed by atoms with van der Waals surface area (Å²) in [5, 5.41) is 13.7. The third-order valence-corrected chi connectivity index (χ3v) is 5.83. The van der Waals surface area contributed by atoms with Crippen molar-refractivity contribution < 1.29 is 9.84 Å². The van der Waals surface area contributed by atoms with Crippen molar-refractivity contribution in [3.63, 3.8) is 0 Å². The molecule has 1 aromatic rings. The van der Waals surface area contributed by atoms with Crippen LogP contribution in [0.3, 0.4) is 0 Å². The Hall–Kier alpha value is -1.95. The number of guanidine groups is 1. The molecule has 0 spiro atoms. The lowest BCUT2D eigenvalue weighted by atomic mass is 9.78. The van der Waals surface area contributed by atoms with Gasteiger partial charge in [0.15, 0.2) is 5.96 Å². The first kappa shape index (κ1) is 20.8. The molecule has 0 aliphatic carbocycles. The number of rotatable bonds is 3. The highest BCUT2D eigenvalue weighted by Gasteiger charge is 2.35. The van der Waals surface area contributed by atoms with E-state index in [1.165, 1.54) is 6.42 Å². The third kappa shape index (κ3) is 4.90. The maximum absolute atomic E-state index is 10.1. The average Bonchev–Trinajstić information content (AvgIpc) is 2.69. The fraction of sp³-hybridized carbons (Fsp3) is 0.682. The zero-order chi connectivity index (χ0) is 20.1. The number of aliphatic imine (C=N–C) groups is 1. The Bertz CT molecular complexity index is 663. The molecular weight excluding hydrogens is 352 g/mol. The molecule has 0 aromatic heterocycles. The molecule has 0 radical (unpaired) electrons. The van der Waals surface area contributed by atoms with E-state index in [4.69, 9.17) is 4.74 Å². The quantitative estimate of drug-likeness (QED) is 0.616. The van der Waals surface area contributed by atoms with Crippen molar-refractivity contribution in [3.8, 4) is 5.75 Å². The van der Waals surface area contributed by atoms with Crippen molar-refractivity contribution in [2.24, 2.45) is 16.3 Å². The molecule has 6 heteroatoms. The number of para-hydroxylation sites is 2. The predicted molar refractivity (Wildman–Crippen MR) is 115 cm³/mol. The van der Waals surface area contributed by atoms with Crippen LogP contribution in [0, 0.1) is 11.3 Å². The summed E-state index contributed by atoms with van der Waals surface area (Å²) >= 11 is 0. The average molecular weight is 389 g/mol.